The highest BCUT2D eigenvalue weighted by molar-refractivity contribution is 6.72. The number of aliphatic hydroxyl groups excluding tert-OH is 1. The number of hydrogen-bond acceptors (Lipinski definition) is 6. The van der Waals surface area contributed by atoms with E-state index < -0.39 is 31.6 Å². The summed E-state index contributed by atoms with van der Waals surface area (Å²) in [7, 11) is -1.68. The molecule has 1 amide bonds. The molecule has 5 rings (SSSR count). The number of aliphatic hydroxyl groups is 1. The highest BCUT2D eigenvalue weighted by Gasteiger charge is 2.67. The van der Waals surface area contributed by atoms with Crippen molar-refractivity contribution < 1.29 is 23.5 Å². The number of amides is 1. The molecule has 4 atom stereocenters. The average molecular weight is 525 g/mol. The monoisotopic (exact) mass is 524 g/mol. The number of carbonyl (C=O) groups is 1. The molecule has 0 radical (unpaired) electrons. The maximum atomic E-state index is 16.0. The molecule has 8 nitrogen and oxygen atoms in total. The smallest absolute Gasteiger partial charge is 0.268 e. The van der Waals surface area contributed by atoms with Crippen molar-refractivity contribution in [2.24, 2.45) is 5.92 Å². The normalized spacial score (nSPS) is 25.2. The van der Waals surface area contributed by atoms with Gasteiger partial charge in [-0.3, -0.25) is 14.4 Å². The van der Waals surface area contributed by atoms with E-state index >= 15 is 4.11 Å². The molecule has 3 aromatic rings. The highest BCUT2D eigenvalue weighted by atomic mass is 28.4. The number of para-hydroxylation sites is 1. The largest absolute Gasteiger partial charge is 0.497 e. The number of aryl methyl sites for hydroxylation is 1. The predicted octanol–water partition coefficient (Wildman–Crippen LogP) is 4.37. The Balaban J connectivity index is 1.55. The van der Waals surface area contributed by atoms with Crippen LogP contribution in [-0.4, -0.2) is 54.2 Å². The van der Waals surface area contributed by atoms with E-state index in [0.717, 1.165) is 11.4 Å². The Labute approximate surface area is 217 Å². The number of hydrogen-bond donors (Lipinski definition) is 1. The number of nitrogens with zero attached hydrogens (tertiary/aromatic N) is 4. The molecule has 37 heavy (non-hydrogen) atoms. The predicted molar refractivity (Wildman–Crippen MR) is 140 cm³/mol. The minimum Gasteiger partial charge on any atom is -0.497 e. The molecule has 1 N–H and O–H groups in total. The fourth-order valence-electron chi connectivity index (χ4n) is 6.12. The van der Waals surface area contributed by atoms with Gasteiger partial charge in [0, 0.05) is 48.5 Å². The van der Waals surface area contributed by atoms with Crippen molar-refractivity contribution in [3.05, 3.63) is 66.0 Å². The molecule has 0 bridgehead atoms. The number of aromatic nitrogens is 3. The van der Waals surface area contributed by atoms with Crippen LogP contribution in [0.15, 0.2) is 54.7 Å². The first-order chi connectivity index (χ1) is 17.7. The molecular formula is C27H33FN4O4Si. The number of halogens is 1. The van der Waals surface area contributed by atoms with Crippen molar-refractivity contribution in [3.63, 3.8) is 0 Å². The Hall–Kier alpha value is -3.08. The zero-order chi connectivity index (χ0) is 26.4. The number of ether oxygens (including phenoxy) is 2. The Bertz CT molecular complexity index is 1280. The molecule has 2 aliphatic rings. The molecule has 1 saturated heterocycles. The lowest BCUT2D eigenvalue weighted by molar-refractivity contribution is -0.145. The van der Waals surface area contributed by atoms with Gasteiger partial charge in [-0.05, 0) is 49.8 Å². The topological polar surface area (TPSA) is 89.7 Å². The third kappa shape index (κ3) is 4.26. The standard InChI is InChI=1S/C27H33FN4O4Si/c1-18-25(37(3,4)28)24(12-14-31-17-19(13-15-33)29-30-31)36-27(18)22-16-21(35-2)10-11-23(22)32(26(27)34)20-8-6-5-7-9-20/h5-11,16-18,24-25,33H,12-15H2,1-4H3/t18-,24+,25-,27+/m1/s1. The fraction of sp³-hybridized carbons (Fsp3) is 0.444. The van der Waals surface area contributed by atoms with Gasteiger partial charge < -0.3 is 18.7 Å². The summed E-state index contributed by atoms with van der Waals surface area (Å²) in [6.45, 7) is 5.80. The van der Waals surface area contributed by atoms with Crippen LogP contribution in [0.2, 0.25) is 18.6 Å². The Morgan fingerprint density at radius 2 is 1.97 bits per heavy atom. The van der Waals surface area contributed by atoms with Crippen LogP contribution in [0, 0.1) is 5.92 Å². The van der Waals surface area contributed by atoms with Crippen molar-refractivity contribution in [1.82, 2.24) is 15.0 Å². The lowest BCUT2D eigenvalue weighted by atomic mass is 9.82. The van der Waals surface area contributed by atoms with Crippen LogP contribution in [0.4, 0.5) is 15.5 Å². The number of methoxy groups -OCH3 is 1. The summed E-state index contributed by atoms with van der Waals surface area (Å²) >= 11 is 0. The van der Waals surface area contributed by atoms with E-state index in [4.69, 9.17) is 14.6 Å². The van der Waals surface area contributed by atoms with Crippen molar-refractivity contribution in [2.45, 2.75) is 56.7 Å². The summed E-state index contributed by atoms with van der Waals surface area (Å²) in [5, 5.41) is 17.4. The molecule has 10 heteroatoms. The van der Waals surface area contributed by atoms with Gasteiger partial charge in [0.1, 0.15) is 5.75 Å². The number of fused-ring (bicyclic) bond motifs is 2. The molecule has 2 aliphatic heterocycles. The molecule has 196 valence electrons. The lowest BCUT2D eigenvalue weighted by Gasteiger charge is -2.31. The average Bonchev–Trinajstić information content (AvgIpc) is 3.52. The van der Waals surface area contributed by atoms with Gasteiger partial charge in [0.15, 0.2) is 5.60 Å². The Morgan fingerprint density at radius 3 is 2.65 bits per heavy atom. The highest BCUT2D eigenvalue weighted by Crippen LogP contribution is 2.61. The van der Waals surface area contributed by atoms with Crippen molar-refractivity contribution in [3.8, 4) is 5.75 Å². The van der Waals surface area contributed by atoms with Crippen molar-refractivity contribution in [2.75, 3.05) is 18.6 Å². The molecule has 0 unspecified atom stereocenters. The summed E-state index contributed by atoms with van der Waals surface area (Å²) < 4.78 is 30.0. The van der Waals surface area contributed by atoms with Crippen LogP contribution in [0.1, 0.15) is 24.6 Å². The Morgan fingerprint density at radius 1 is 1.22 bits per heavy atom. The van der Waals surface area contributed by atoms with Crippen molar-refractivity contribution in [1.29, 1.82) is 0 Å². The summed E-state index contributed by atoms with van der Waals surface area (Å²) in [4.78, 5) is 16.1. The third-order valence-electron chi connectivity index (χ3n) is 7.69. The SMILES string of the molecule is COc1ccc2c(c1)[C@]1(O[C@@H](CCn3cc(CCO)nn3)[C@H]([Si](C)(C)F)[C@H]1C)C(=O)N2c1ccccc1. The van der Waals surface area contributed by atoms with E-state index in [9.17, 15) is 4.79 Å². The molecule has 2 aromatic carbocycles. The minimum absolute atomic E-state index is 0.00290. The van der Waals surface area contributed by atoms with Gasteiger partial charge >= 0.3 is 0 Å². The van der Waals surface area contributed by atoms with Gasteiger partial charge in [-0.25, -0.2) is 0 Å². The molecule has 0 saturated carbocycles. The maximum absolute atomic E-state index is 16.0. The van der Waals surface area contributed by atoms with Gasteiger partial charge in [-0.1, -0.05) is 30.3 Å². The van der Waals surface area contributed by atoms with Crippen LogP contribution in [-0.2, 0) is 28.1 Å². The first-order valence-electron chi connectivity index (χ1n) is 12.7. The first-order valence-corrected chi connectivity index (χ1v) is 15.6. The number of anilines is 2. The van der Waals surface area contributed by atoms with Crippen LogP contribution < -0.4 is 9.64 Å². The van der Waals surface area contributed by atoms with Crippen molar-refractivity contribution >= 4 is 25.7 Å². The van der Waals surface area contributed by atoms with Gasteiger partial charge in [0.25, 0.3) is 5.91 Å². The summed E-state index contributed by atoms with van der Waals surface area (Å²) in [6.07, 6.45) is 2.22. The summed E-state index contributed by atoms with van der Waals surface area (Å²) in [6, 6.07) is 15.0. The van der Waals surface area contributed by atoms with Crippen LogP contribution in [0.5, 0.6) is 5.75 Å². The quantitative estimate of drug-likeness (QED) is 0.348. The van der Waals surface area contributed by atoms with E-state index in [0.29, 0.717) is 36.4 Å². The van der Waals surface area contributed by atoms with Gasteiger partial charge in [-0.15, -0.1) is 5.10 Å². The molecule has 1 fully saturated rings. The Kier molecular flexibility index (Phi) is 6.67. The molecular weight excluding hydrogens is 491 g/mol. The van der Waals surface area contributed by atoms with E-state index in [1.54, 1.807) is 36.0 Å². The molecule has 3 heterocycles. The van der Waals surface area contributed by atoms with E-state index in [2.05, 4.69) is 10.3 Å². The zero-order valence-corrected chi connectivity index (χ0v) is 22.6. The number of benzene rings is 2. The van der Waals surface area contributed by atoms with Gasteiger partial charge in [0.05, 0.1) is 24.6 Å². The van der Waals surface area contributed by atoms with Gasteiger partial charge in [-0.2, -0.15) is 0 Å². The molecule has 1 spiro atoms. The van der Waals surface area contributed by atoms with E-state index in [1.165, 1.54) is 0 Å². The number of carbonyl (C=O) groups excluding carboxylic acids is 1. The summed E-state index contributed by atoms with van der Waals surface area (Å²) in [5.41, 5.74) is 1.14. The minimum atomic E-state index is -3.27. The third-order valence-corrected chi connectivity index (χ3v) is 10.1. The maximum Gasteiger partial charge on any atom is 0.268 e. The van der Waals surface area contributed by atoms with Crippen LogP contribution in [0.25, 0.3) is 0 Å². The zero-order valence-electron chi connectivity index (χ0n) is 21.6. The second kappa shape index (κ2) is 9.66. The van der Waals surface area contributed by atoms with E-state index in [-0.39, 0.29) is 12.5 Å². The van der Waals surface area contributed by atoms with Crippen LogP contribution >= 0.6 is 0 Å². The summed E-state index contributed by atoms with van der Waals surface area (Å²) in [5.74, 6) is 0.0236. The molecule has 1 aromatic heterocycles. The number of rotatable bonds is 8. The van der Waals surface area contributed by atoms with E-state index in [1.807, 2.05) is 55.5 Å². The lowest BCUT2D eigenvalue weighted by Crippen LogP contribution is -2.44. The second-order valence-corrected chi connectivity index (χ2v) is 14.2. The second-order valence-electron chi connectivity index (χ2n) is 10.4. The van der Waals surface area contributed by atoms with Crippen LogP contribution in [0.3, 0.4) is 0 Å². The fourth-order valence-corrected chi connectivity index (χ4v) is 8.66. The van der Waals surface area contributed by atoms with Gasteiger partial charge in [0.2, 0.25) is 8.41 Å². The molecule has 0 aliphatic carbocycles. The first kappa shape index (κ1) is 25.6.